The summed E-state index contributed by atoms with van der Waals surface area (Å²) < 4.78 is 10.6. The summed E-state index contributed by atoms with van der Waals surface area (Å²) >= 11 is 7.56. The molecular formula is C26H30ClN3O5S. The zero-order chi connectivity index (χ0) is 25.8. The molecule has 36 heavy (non-hydrogen) atoms. The third kappa shape index (κ3) is 5.47. The highest BCUT2D eigenvalue weighted by molar-refractivity contribution is 8.16. The molecule has 0 N–H and O–H groups in total. The Balaban J connectivity index is 1.60. The van der Waals surface area contributed by atoms with E-state index in [4.69, 9.17) is 21.1 Å². The standard InChI is InChI=1S/C26H30ClN3O5S/c1-4-34-24(32)18-7-6-12-29(14-18)21(31)13-20-15-36-26-28-16(3)22(25(33)35-5-2)23(30(20)26)17-8-10-19(27)11-9-17/h8-11,15,18,23H,4-7,12-14H2,1-3H3/t18-,23+/m0/s1. The lowest BCUT2D eigenvalue weighted by molar-refractivity contribution is -0.151. The maximum atomic E-state index is 13.4. The molecule has 0 saturated carbocycles. The number of carbonyl (C=O) groups is 3. The largest absolute Gasteiger partial charge is 0.466 e. The number of amides is 1. The summed E-state index contributed by atoms with van der Waals surface area (Å²) in [5.41, 5.74) is 2.61. The van der Waals surface area contributed by atoms with Crippen LogP contribution in [0.4, 0.5) is 0 Å². The molecule has 192 valence electrons. The topological polar surface area (TPSA) is 88.5 Å². The molecule has 2 atom stereocenters. The molecule has 1 fully saturated rings. The zero-order valence-corrected chi connectivity index (χ0v) is 22.2. The minimum absolute atomic E-state index is 0.0732. The minimum atomic E-state index is -0.503. The lowest BCUT2D eigenvalue weighted by atomic mass is 9.93. The van der Waals surface area contributed by atoms with Gasteiger partial charge in [-0.3, -0.25) is 9.59 Å². The number of carbonyl (C=O) groups excluding carboxylic acids is 3. The van der Waals surface area contributed by atoms with Crippen LogP contribution in [0.5, 0.6) is 0 Å². The highest BCUT2D eigenvalue weighted by Crippen LogP contribution is 2.45. The number of fused-ring (bicyclic) bond motifs is 1. The lowest BCUT2D eigenvalue weighted by Gasteiger charge is -2.37. The SMILES string of the molecule is CCOC(=O)C1=C(C)N=C2SC=C(CC(=O)N3CCC[C@H](C(=O)OCC)C3)N2[C@@H]1c1ccc(Cl)cc1. The summed E-state index contributed by atoms with van der Waals surface area (Å²) in [6.07, 6.45) is 1.60. The van der Waals surface area contributed by atoms with Gasteiger partial charge in [-0.1, -0.05) is 35.5 Å². The second kappa shape index (κ2) is 11.5. The van der Waals surface area contributed by atoms with Gasteiger partial charge in [0, 0.05) is 23.8 Å². The number of amidine groups is 1. The van der Waals surface area contributed by atoms with E-state index in [1.54, 1.807) is 37.8 Å². The summed E-state index contributed by atoms with van der Waals surface area (Å²) in [4.78, 5) is 47.0. The summed E-state index contributed by atoms with van der Waals surface area (Å²) in [5.74, 6) is -1.06. The van der Waals surface area contributed by atoms with Gasteiger partial charge in [-0.15, -0.1) is 0 Å². The van der Waals surface area contributed by atoms with Gasteiger partial charge < -0.3 is 19.3 Å². The second-order valence-corrected chi connectivity index (χ2v) is 10.0. The number of hydrogen-bond donors (Lipinski definition) is 0. The fourth-order valence-electron chi connectivity index (χ4n) is 4.72. The number of thioether (sulfide) groups is 1. The number of benzene rings is 1. The third-order valence-electron chi connectivity index (χ3n) is 6.41. The first-order valence-electron chi connectivity index (χ1n) is 12.1. The minimum Gasteiger partial charge on any atom is -0.466 e. The molecule has 1 aromatic rings. The van der Waals surface area contributed by atoms with Crippen LogP contribution in [0, 0.1) is 5.92 Å². The number of allylic oxidation sites excluding steroid dienone is 1. The van der Waals surface area contributed by atoms with Crippen molar-refractivity contribution in [2.24, 2.45) is 10.9 Å². The lowest BCUT2D eigenvalue weighted by Crippen LogP contribution is -2.44. The number of hydrogen-bond acceptors (Lipinski definition) is 8. The molecule has 8 nitrogen and oxygen atoms in total. The fourth-order valence-corrected chi connectivity index (χ4v) is 5.81. The summed E-state index contributed by atoms with van der Waals surface area (Å²) in [6, 6.07) is 6.80. The molecule has 3 aliphatic heterocycles. The van der Waals surface area contributed by atoms with E-state index in [0.29, 0.717) is 41.2 Å². The van der Waals surface area contributed by atoms with Crippen LogP contribution in [0.25, 0.3) is 0 Å². The molecule has 0 aromatic heterocycles. The number of likely N-dealkylation sites (tertiary alicyclic amines) is 1. The average Bonchev–Trinajstić information content (AvgIpc) is 3.25. The molecule has 10 heteroatoms. The molecule has 1 amide bonds. The van der Waals surface area contributed by atoms with Gasteiger partial charge in [-0.05, 0) is 56.7 Å². The second-order valence-electron chi connectivity index (χ2n) is 8.77. The Labute approximate surface area is 220 Å². The predicted octanol–water partition coefficient (Wildman–Crippen LogP) is 4.67. The molecule has 4 rings (SSSR count). The van der Waals surface area contributed by atoms with Crippen LogP contribution in [0.15, 0.2) is 51.6 Å². The van der Waals surface area contributed by atoms with Crippen molar-refractivity contribution in [1.82, 2.24) is 9.80 Å². The highest BCUT2D eigenvalue weighted by Gasteiger charge is 2.41. The van der Waals surface area contributed by atoms with Gasteiger partial charge in [0.2, 0.25) is 5.91 Å². The van der Waals surface area contributed by atoms with E-state index in [9.17, 15) is 14.4 Å². The van der Waals surface area contributed by atoms with E-state index in [0.717, 1.165) is 24.1 Å². The Hall–Kier alpha value is -2.78. The maximum absolute atomic E-state index is 13.4. The van der Waals surface area contributed by atoms with E-state index in [1.807, 2.05) is 22.4 Å². The molecular weight excluding hydrogens is 502 g/mol. The number of piperidine rings is 1. The van der Waals surface area contributed by atoms with Crippen molar-refractivity contribution >= 4 is 46.4 Å². The molecule has 0 aliphatic carbocycles. The van der Waals surface area contributed by atoms with Crippen LogP contribution in [0.2, 0.25) is 5.02 Å². The molecule has 0 bridgehead atoms. The van der Waals surface area contributed by atoms with Crippen LogP contribution < -0.4 is 0 Å². The number of ether oxygens (including phenoxy) is 2. The van der Waals surface area contributed by atoms with Crippen molar-refractivity contribution in [2.75, 3.05) is 26.3 Å². The van der Waals surface area contributed by atoms with Crippen molar-refractivity contribution in [1.29, 1.82) is 0 Å². The molecule has 0 radical (unpaired) electrons. The quantitative estimate of drug-likeness (QED) is 0.472. The van der Waals surface area contributed by atoms with Crippen LogP contribution in [-0.2, 0) is 23.9 Å². The van der Waals surface area contributed by atoms with Crippen molar-refractivity contribution < 1.29 is 23.9 Å². The van der Waals surface area contributed by atoms with E-state index < -0.39 is 12.0 Å². The third-order valence-corrected chi connectivity index (χ3v) is 7.55. The highest BCUT2D eigenvalue weighted by atomic mass is 35.5. The van der Waals surface area contributed by atoms with Crippen LogP contribution in [0.1, 0.15) is 51.6 Å². The van der Waals surface area contributed by atoms with E-state index >= 15 is 0 Å². The number of esters is 2. The fraction of sp³-hybridized carbons (Fsp3) is 0.462. The van der Waals surface area contributed by atoms with Crippen molar-refractivity contribution in [3.63, 3.8) is 0 Å². The first-order chi connectivity index (χ1) is 17.3. The summed E-state index contributed by atoms with van der Waals surface area (Å²) in [7, 11) is 0. The molecule has 3 aliphatic rings. The maximum Gasteiger partial charge on any atom is 0.338 e. The Kier molecular flexibility index (Phi) is 8.41. The Bertz CT molecular complexity index is 1130. The van der Waals surface area contributed by atoms with Crippen LogP contribution in [-0.4, -0.2) is 59.1 Å². The summed E-state index contributed by atoms with van der Waals surface area (Å²) in [5, 5.41) is 3.20. The van der Waals surface area contributed by atoms with Gasteiger partial charge in [-0.25, -0.2) is 9.79 Å². The van der Waals surface area contributed by atoms with Gasteiger partial charge >= 0.3 is 11.9 Å². The van der Waals surface area contributed by atoms with E-state index in [-0.39, 0.29) is 30.8 Å². The monoisotopic (exact) mass is 531 g/mol. The van der Waals surface area contributed by atoms with Gasteiger partial charge in [0.05, 0.1) is 42.9 Å². The Morgan fingerprint density at radius 2 is 1.86 bits per heavy atom. The van der Waals surface area contributed by atoms with Crippen LogP contribution >= 0.6 is 23.4 Å². The van der Waals surface area contributed by atoms with Gasteiger partial charge in [0.25, 0.3) is 0 Å². The van der Waals surface area contributed by atoms with Crippen LogP contribution in [0.3, 0.4) is 0 Å². The average molecular weight is 532 g/mol. The molecule has 1 aromatic carbocycles. The van der Waals surface area contributed by atoms with Crippen molar-refractivity contribution in [2.45, 2.75) is 46.1 Å². The molecule has 1 saturated heterocycles. The Morgan fingerprint density at radius 3 is 2.56 bits per heavy atom. The number of halogens is 1. The molecule has 0 unspecified atom stereocenters. The first-order valence-corrected chi connectivity index (χ1v) is 13.4. The smallest absolute Gasteiger partial charge is 0.338 e. The van der Waals surface area contributed by atoms with Crippen molar-refractivity contribution in [3.8, 4) is 0 Å². The normalized spacial score (nSPS) is 21.6. The number of rotatable bonds is 7. The Morgan fingerprint density at radius 1 is 1.14 bits per heavy atom. The number of nitrogens with zero attached hydrogens (tertiary/aromatic N) is 3. The van der Waals surface area contributed by atoms with E-state index in [1.165, 1.54) is 11.8 Å². The molecule has 0 spiro atoms. The first kappa shape index (κ1) is 26.3. The van der Waals surface area contributed by atoms with Crippen molar-refractivity contribution in [3.05, 3.63) is 57.2 Å². The van der Waals surface area contributed by atoms with E-state index in [2.05, 4.69) is 4.99 Å². The summed E-state index contributed by atoms with van der Waals surface area (Å²) in [6.45, 7) is 6.87. The molecule has 3 heterocycles. The van der Waals surface area contributed by atoms with Gasteiger partial charge in [0.1, 0.15) is 0 Å². The number of aliphatic imine (C=N–C) groups is 1. The van der Waals surface area contributed by atoms with Gasteiger partial charge in [0.15, 0.2) is 5.17 Å². The van der Waals surface area contributed by atoms with Gasteiger partial charge in [-0.2, -0.15) is 0 Å². The predicted molar refractivity (Wildman–Crippen MR) is 139 cm³/mol. The zero-order valence-electron chi connectivity index (χ0n) is 20.7.